The fraction of sp³-hybridized carbons (Fsp3) is 0.571. The van der Waals surface area contributed by atoms with Crippen LogP contribution in [0.2, 0.25) is 0 Å². The molecule has 0 radical (unpaired) electrons. The number of nitrogens with one attached hydrogen (secondary N) is 2. The molecule has 0 unspecified atom stereocenters. The number of nitrogens with zero attached hydrogens (tertiary/aromatic N) is 4. The van der Waals surface area contributed by atoms with Crippen molar-refractivity contribution in [3.63, 3.8) is 0 Å². The normalized spacial score (nSPS) is 14.7. The van der Waals surface area contributed by atoms with Crippen molar-refractivity contribution < 1.29 is 9.47 Å². The lowest BCUT2D eigenvalue weighted by Gasteiger charge is -2.25. The number of rotatable bonds is 8. The molecule has 1 fully saturated rings. The summed E-state index contributed by atoms with van der Waals surface area (Å²) in [7, 11) is 3.62. The lowest BCUT2D eigenvalue weighted by atomic mass is 9.96. The molecule has 1 aromatic heterocycles. The maximum Gasteiger partial charge on any atom is 0.192 e. The summed E-state index contributed by atoms with van der Waals surface area (Å²) < 4.78 is 12.9. The van der Waals surface area contributed by atoms with Gasteiger partial charge in [0.25, 0.3) is 0 Å². The number of aromatic nitrogens is 3. The van der Waals surface area contributed by atoms with Crippen LogP contribution in [-0.2, 0) is 13.6 Å². The van der Waals surface area contributed by atoms with E-state index < -0.39 is 0 Å². The molecule has 166 valence electrons. The number of methoxy groups -OCH3 is 1. The Morgan fingerprint density at radius 1 is 1.13 bits per heavy atom. The van der Waals surface area contributed by atoms with Gasteiger partial charge in [0.15, 0.2) is 11.8 Å². The number of guanidine groups is 1. The Hall–Kier alpha value is -2.04. The minimum absolute atomic E-state index is 0. The van der Waals surface area contributed by atoms with Crippen molar-refractivity contribution in [2.75, 3.05) is 20.3 Å². The van der Waals surface area contributed by atoms with Gasteiger partial charge in [-0.25, -0.2) is 4.99 Å². The zero-order valence-electron chi connectivity index (χ0n) is 18.1. The fourth-order valence-corrected chi connectivity index (χ4v) is 3.34. The van der Waals surface area contributed by atoms with E-state index in [0.29, 0.717) is 25.7 Å². The summed E-state index contributed by atoms with van der Waals surface area (Å²) in [5.74, 6) is 4.18. The molecule has 0 amide bonds. The summed E-state index contributed by atoms with van der Waals surface area (Å²) in [6.45, 7) is 3.62. The highest BCUT2D eigenvalue weighted by Crippen LogP contribution is 2.18. The van der Waals surface area contributed by atoms with E-state index in [4.69, 9.17) is 14.5 Å². The highest BCUT2D eigenvalue weighted by atomic mass is 127. The van der Waals surface area contributed by atoms with E-state index in [-0.39, 0.29) is 24.0 Å². The van der Waals surface area contributed by atoms with Gasteiger partial charge < -0.3 is 24.7 Å². The molecular weight excluding hydrogens is 495 g/mol. The molecule has 1 saturated carbocycles. The molecule has 2 N–H and O–H groups in total. The van der Waals surface area contributed by atoms with Crippen LogP contribution in [0.3, 0.4) is 0 Å². The Bertz CT molecular complexity index is 787. The van der Waals surface area contributed by atoms with Crippen molar-refractivity contribution >= 4 is 29.9 Å². The lowest BCUT2D eigenvalue weighted by molar-refractivity contribution is 0.320. The average Bonchev–Trinajstić information content (AvgIpc) is 3.08. The van der Waals surface area contributed by atoms with Crippen LogP contribution in [0, 0.1) is 6.92 Å². The summed E-state index contributed by atoms with van der Waals surface area (Å²) >= 11 is 0. The van der Waals surface area contributed by atoms with Crippen molar-refractivity contribution in [1.82, 2.24) is 25.4 Å². The number of aryl methyl sites for hydroxylation is 1. The number of halogens is 1. The second kappa shape index (κ2) is 12.6. The topological polar surface area (TPSA) is 85.6 Å². The van der Waals surface area contributed by atoms with Gasteiger partial charge in [0, 0.05) is 13.1 Å². The van der Waals surface area contributed by atoms with Crippen LogP contribution in [0.15, 0.2) is 29.3 Å². The first kappa shape index (κ1) is 24.2. The summed E-state index contributed by atoms with van der Waals surface area (Å²) in [5.41, 5.74) is 0. The molecular formula is C21H33IN6O2. The first-order chi connectivity index (χ1) is 14.2. The molecule has 3 rings (SSSR count). The number of ether oxygens (including phenoxy) is 2. The van der Waals surface area contributed by atoms with Gasteiger partial charge in [-0.15, -0.1) is 34.2 Å². The van der Waals surface area contributed by atoms with E-state index in [9.17, 15) is 0 Å². The smallest absolute Gasteiger partial charge is 0.192 e. The molecule has 0 bridgehead atoms. The van der Waals surface area contributed by atoms with Crippen LogP contribution < -0.4 is 20.1 Å². The Morgan fingerprint density at radius 3 is 2.47 bits per heavy atom. The van der Waals surface area contributed by atoms with E-state index in [2.05, 4.69) is 20.8 Å². The summed E-state index contributed by atoms with van der Waals surface area (Å²) in [4.78, 5) is 4.73. The van der Waals surface area contributed by atoms with Gasteiger partial charge in [0.05, 0.1) is 13.7 Å². The number of benzene rings is 1. The van der Waals surface area contributed by atoms with Gasteiger partial charge in [-0.05, 0) is 44.0 Å². The maximum atomic E-state index is 5.80. The molecule has 8 nitrogen and oxygen atoms in total. The third-order valence-corrected chi connectivity index (χ3v) is 5.23. The number of hydrogen-bond acceptors (Lipinski definition) is 5. The Labute approximate surface area is 195 Å². The molecule has 1 heterocycles. The van der Waals surface area contributed by atoms with E-state index in [0.717, 1.165) is 29.1 Å². The third-order valence-electron chi connectivity index (χ3n) is 5.23. The molecule has 1 aliphatic rings. The maximum absolute atomic E-state index is 5.80. The van der Waals surface area contributed by atoms with Gasteiger partial charge in [-0.1, -0.05) is 19.3 Å². The lowest BCUT2D eigenvalue weighted by Crippen LogP contribution is -2.45. The second-order valence-electron chi connectivity index (χ2n) is 7.32. The molecule has 9 heteroatoms. The van der Waals surface area contributed by atoms with Crippen LogP contribution in [0.25, 0.3) is 0 Å². The van der Waals surface area contributed by atoms with Crippen LogP contribution in [0.1, 0.15) is 43.8 Å². The van der Waals surface area contributed by atoms with Gasteiger partial charge in [-0.3, -0.25) is 0 Å². The molecule has 0 aliphatic heterocycles. The summed E-state index contributed by atoms with van der Waals surface area (Å²) in [5, 5.41) is 15.3. The number of aliphatic imine (C=N–C) groups is 1. The zero-order chi connectivity index (χ0) is 20.5. The standard InChI is InChI=1S/C21H32N6O2.HI/c1-16-25-26-20(27(16)2)15-23-21(24-17-7-5-4-6-8-17)22-13-14-29-19-11-9-18(28-3)10-12-19;/h9-12,17H,4-8,13-15H2,1-3H3,(H2,22,23,24);1H. The zero-order valence-corrected chi connectivity index (χ0v) is 20.4. The van der Waals surface area contributed by atoms with Crippen LogP contribution in [0.5, 0.6) is 11.5 Å². The summed E-state index contributed by atoms with van der Waals surface area (Å²) in [6.07, 6.45) is 6.24. The Balaban J connectivity index is 0.00000320. The molecule has 1 aliphatic carbocycles. The average molecular weight is 528 g/mol. The molecule has 0 atom stereocenters. The largest absolute Gasteiger partial charge is 0.497 e. The Morgan fingerprint density at radius 2 is 1.83 bits per heavy atom. The third kappa shape index (κ3) is 7.33. The first-order valence-electron chi connectivity index (χ1n) is 10.3. The molecule has 2 aromatic rings. The SMILES string of the molecule is COc1ccc(OCCNC(=NCc2nnc(C)n2C)NC2CCCCC2)cc1.I. The first-order valence-corrected chi connectivity index (χ1v) is 10.3. The minimum atomic E-state index is 0. The number of hydrogen-bond donors (Lipinski definition) is 2. The van der Waals surface area contributed by atoms with Crippen LogP contribution in [-0.4, -0.2) is 47.0 Å². The quantitative estimate of drug-likeness (QED) is 0.237. The van der Waals surface area contributed by atoms with Crippen LogP contribution >= 0.6 is 24.0 Å². The highest BCUT2D eigenvalue weighted by Gasteiger charge is 2.15. The van der Waals surface area contributed by atoms with Crippen molar-refractivity contribution in [2.24, 2.45) is 12.0 Å². The summed E-state index contributed by atoms with van der Waals surface area (Å²) in [6, 6.07) is 8.07. The van der Waals surface area contributed by atoms with E-state index in [1.807, 2.05) is 42.8 Å². The van der Waals surface area contributed by atoms with Crippen molar-refractivity contribution in [3.05, 3.63) is 35.9 Å². The monoisotopic (exact) mass is 528 g/mol. The van der Waals surface area contributed by atoms with Gasteiger partial charge >= 0.3 is 0 Å². The molecule has 1 aromatic carbocycles. The van der Waals surface area contributed by atoms with E-state index in [1.165, 1.54) is 32.1 Å². The van der Waals surface area contributed by atoms with Crippen molar-refractivity contribution in [3.8, 4) is 11.5 Å². The molecule has 0 saturated heterocycles. The minimum Gasteiger partial charge on any atom is -0.497 e. The van der Waals surface area contributed by atoms with Crippen LogP contribution in [0.4, 0.5) is 0 Å². The molecule has 30 heavy (non-hydrogen) atoms. The van der Waals surface area contributed by atoms with Gasteiger partial charge in [0.1, 0.15) is 30.5 Å². The van der Waals surface area contributed by atoms with Gasteiger partial charge in [0.2, 0.25) is 0 Å². The second-order valence-corrected chi connectivity index (χ2v) is 7.32. The van der Waals surface area contributed by atoms with E-state index in [1.54, 1.807) is 7.11 Å². The fourth-order valence-electron chi connectivity index (χ4n) is 3.34. The highest BCUT2D eigenvalue weighted by molar-refractivity contribution is 14.0. The van der Waals surface area contributed by atoms with E-state index >= 15 is 0 Å². The van der Waals surface area contributed by atoms with Crippen molar-refractivity contribution in [1.29, 1.82) is 0 Å². The predicted octanol–water partition coefficient (Wildman–Crippen LogP) is 3.20. The predicted molar refractivity (Wildman–Crippen MR) is 129 cm³/mol. The van der Waals surface area contributed by atoms with Gasteiger partial charge in [-0.2, -0.15) is 0 Å². The molecule has 0 spiro atoms. The Kier molecular flexibility index (Phi) is 10.2. The van der Waals surface area contributed by atoms with Crippen molar-refractivity contribution in [2.45, 2.75) is 51.6 Å².